The van der Waals surface area contributed by atoms with Crippen LogP contribution >= 0.6 is 0 Å². The number of H-pyrrole nitrogens is 1. The summed E-state index contributed by atoms with van der Waals surface area (Å²) in [6.07, 6.45) is 1.34. The smallest absolute Gasteiger partial charge is 0.410 e. The molecule has 1 aromatic heterocycles. The van der Waals surface area contributed by atoms with Crippen molar-refractivity contribution in [1.29, 1.82) is 0 Å². The first-order chi connectivity index (χ1) is 13.5. The molecule has 2 aromatic rings. The van der Waals surface area contributed by atoms with Gasteiger partial charge in [0.2, 0.25) is 0 Å². The number of amides is 1. The van der Waals surface area contributed by atoms with Crippen molar-refractivity contribution in [3.05, 3.63) is 53.1 Å². The molecule has 0 bridgehead atoms. The van der Waals surface area contributed by atoms with Gasteiger partial charge < -0.3 is 4.74 Å². The van der Waals surface area contributed by atoms with E-state index < -0.39 is 0 Å². The van der Waals surface area contributed by atoms with E-state index in [-0.39, 0.29) is 24.1 Å². The lowest BCUT2D eigenvalue weighted by Crippen LogP contribution is -2.39. The molecule has 0 aliphatic carbocycles. The molecule has 7 heteroatoms. The lowest BCUT2D eigenvalue weighted by molar-refractivity contribution is 0.120. The van der Waals surface area contributed by atoms with Crippen LogP contribution in [0.25, 0.3) is 0 Å². The van der Waals surface area contributed by atoms with Crippen molar-refractivity contribution in [3.63, 3.8) is 0 Å². The average molecular weight is 386 g/mol. The minimum Gasteiger partial charge on any atom is -0.442 e. The first-order valence-corrected chi connectivity index (χ1v) is 9.95. The standard InChI is InChI=1S/C21H27FN4O2/c1-14(2)9-17-10-18(24-23-17)11-25-12-19-20(13-25)28-21(27)26(19)8-7-15-3-5-16(22)6-4-15/h3-6,10,14,19-20H,7-9,11-13H2,1-2H3,(H,23,24)/t19-,20+/m1/s1. The number of hydrogen-bond donors (Lipinski definition) is 1. The summed E-state index contributed by atoms with van der Waals surface area (Å²) in [6.45, 7) is 7.26. The van der Waals surface area contributed by atoms with Gasteiger partial charge in [-0.25, -0.2) is 9.18 Å². The van der Waals surface area contributed by atoms with Gasteiger partial charge in [0.05, 0.1) is 11.7 Å². The van der Waals surface area contributed by atoms with E-state index in [1.165, 1.54) is 12.1 Å². The summed E-state index contributed by atoms with van der Waals surface area (Å²) >= 11 is 0. The van der Waals surface area contributed by atoms with E-state index in [0.29, 0.717) is 18.9 Å². The Bertz CT molecular complexity index is 820. The summed E-state index contributed by atoms with van der Waals surface area (Å²) in [4.78, 5) is 16.4. The molecule has 2 aliphatic heterocycles. The second-order valence-electron chi connectivity index (χ2n) is 8.24. The maximum absolute atomic E-state index is 13.1. The number of carbonyl (C=O) groups is 1. The number of carbonyl (C=O) groups excluding carboxylic acids is 1. The molecule has 150 valence electrons. The zero-order valence-corrected chi connectivity index (χ0v) is 16.4. The highest BCUT2D eigenvalue weighted by Crippen LogP contribution is 2.28. The van der Waals surface area contributed by atoms with Crippen molar-refractivity contribution in [1.82, 2.24) is 20.0 Å². The normalized spacial score (nSPS) is 22.1. The lowest BCUT2D eigenvalue weighted by atomic mass is 10.1. The van der Waals surface area contributed by atoms with Gasteiger partial charge in [0.1, 0.15) is 11.9 Å². The monoisotopic (exact) mass is 386 g/mol. The number of halogens is 1. The number of aromatic amines is 1. The van der Waals surface area contributed by atoms with Crippen LogP contribution in [0.4, 0.5) is 9.18 Å². The molecule has 6 nitrogen and oxygen atoms in total. The predicted octanol–water partition coefficient (Wildman–Crippen LogP) is 3.00. The Kier molecular flexibility index (Phi) is 5.35. The molecule has 1 aromatic carbocycles. The fourth-order valence-corrected chi connectivity index (χ4v) is 4.12. The minimum atomic E-state index is -0.244. The number of nitrogens with one attached hydrogen (secondary N) is 1. The molecule has 4 rings (SSSR count). The SMILES string of the molecule is CC(C)Cc1cc(CN2C[C@@H]3OC(=O)N(CCc4ccc(F)cc4)[C@@H]3C2)[nH]n1. The number of hydrogen-bond acceptors (Lipinski definition) is 4. The summed E-state index contributed by atoms with van der Waals surface area (Å²) < 4.78 is 18.6. The molecule has 0 spiro atoms. The van der Waals surface area contributed by atoms with E-state index in [0.717, 1.165) is 43.0 Å². The van der Waals surface area contributed by atoms with E-state index in [4.69, 9.17) is 4.74 Å². The Morgan fingerprint density at radius 3 is 2.82 bits per heavy atom. The second-order valence-corrected chi connectivity index (χ2v) is 8.24. The number of nitrogens with zero attached hydrogens (tertiary/aromatic N) is 3. The molecular weight excluding hydrogens is 359 g/mol. The Hall–Kier alpha value is -2.41. The van der Waals surface area contributed by atoms with E-state index in [2.05, 4.69) is 35.0 Å². The highest BCUT2D eigenvalue weighted by atomic mass is 19.1. The molecule has 28 heavy (non-hydrogen) atoms. The highest BCUT2D eigenvalue weighted by Gasteiger charge is 2.47. The summed E-state index contributed by atoms with van der Waals surface area (Å²) in [5, 5.41) is 7.52. The largest absolute Gasteiger partial charge is 0.442 e. The van der Waals surface area contributed by atoms with Crippen LogP contribution in [-0.2, 0) is 24.1 Å². The van der Waals surface area contributed by atoms with Crippen LogP contribution in [0.15, 0.2) is 30.3 Å². The quantitative estimate of drug-likeness (QED) is 0.795. The molecule has 0 saturated carbocycles. The first kappa shape index (κ1) is 18.9. The number of aromatic nitrogens is 2. The number of benzene rings is 1. The van der Waals surface area contributed by atoms with Crippen LogP contribution < -0.4 is 0 Å². The van der Waals surface area contributed by atoms with Crippen molar-refractivity contribution in [2.24, 2.45) is 5.92 Å². The van der Waals surface area contributed by atoms with E-state index >= 15 is 0 Å². The van der Waals surface area contributed by atoms with Crippen molar-refractivity contribution in [2.45, 2.75) is 45.4 Å². The first-order valence-electron chi connectivity index (χ1n) is 9.95. The maximum atomic E-state index is 13.1. The molecule has 1 amide bonds. The van der Waals surface area contributed by atoms with Gasteiger partial charge >= 0.3 is 6.09 Å². The van der Waals surface area contributed by atoms with Crippen molar-refractivity contribution >= 4 is 6.09 Å². The molecule has 3 heterocycles. The Balaban J connectivity index is 1.33. The predicted molar refractivity (Wildman–Crippen MR) is 103 cm³/mol. The topological polar surface area (TPSA) is 61.5 Å². The third kappa shape index (κ3) is 4.19. The highest BCUT2D eigenvalue weighted by molar-refractivity contribution is 5.71. The zero-order chi connectivity index (χ0) is 19.7. The van der Waals surface area contributed by atoms with Crippen molar-refractivity contribution < 1.29 is 13.9 Å². The van der Waals surface area contributed by atoms with Gasteiger partial charge in [-0.3, -0.25) is 14.9 Å². The molecule has 2 saturated heterocycles. The molecule has 0 radical (unpaired) electrons. The fourth-order valence-electron chi connectivity index (χ4n) is 4.12. The van der Waals surface area contributed by atoms with Crippen LogP contribution in [0, 0.1) is 11.7 Å². The summed E-state index contributed by atoms with van der Waals surface area (Å²) in [7, 11) is 0. The Morgan fingerprint density at radius 1 is 1.29 bits per heavy atom. The fraction of sp³-hybridized carbons (Fsp3) is 0.524. The number of likely N-dealkylation sites (tertiary alicyclic amines) is 1. The molecular formula is C21H27FN4O2. The molecule has 0 unspecified atom stereocenters. The van der Waals surface area contributed by atoms with E-state index in [1.807, 2.05) is 4.90 Å². The number of rotatable bonds is 7. The molecule has 2 atom stereocenters. The average Bonchev–Trinajstić information content (AvgIpc) is 3.30. The molecule has 2 aliphatic rings. The van der Waals surface area contributed by atoms with Gasteiger partial charge in [0, 0.05) is 31.9 Å². The van der Waals surface area contributed by atoms with E-state index in [9.17, 15) is 9.18 Å². The van der Waals surface area contributed by atoms with Gasteiger partial charge in [-0.15, -0.1) is 0 Å². The van der Waals surface area contributed by atoms with Crippen LogP contribution in [0.3, 0.4) is 0 Å². The van der Waals surface area contributed by atoms with Crippen LogP contribution in [-0.4, -0.2) is 57.9 Å². The third-order valence-corrected chi connectivity index (χ3v) is 5.45. The molecule has 2 fully saturated rings. The summed E-state index contributed by atoms with van der Waals surface area (Å²) in [6, 6.07) is 8.65. The second kappa shape index (κ2) is 7.91. The summed E-state index contributed by atoms with van der Waals surface area (Å²) in [5.74, 6) is 0.336. The zero-order valence-electron chi connectivity index (χ0n) is 16.4. The van der Waals surface area contributed by atoms with Crippen LogP contribution in [0.5, 0.6) is 0 Å². The minimum absolute atomic E-state index is 0.0750. The van der Waals surface area contributed by atoms with Gasteiger partial charge in [-0.2, -0.15) is 5.10 Å². The third-order valence-electron chi connectivity index (χ3n) is 5.45. The number of ether oxygens (including phenoxy) is 1. The number of fused-ring (bicyclic) bond motifs is 1. The Morgan fingerprint density at radius 2 is 2.07 bits per heavy atom. The van der Waals surface area contributed by atoms with E-state index in [1.54, 1.807) is 12.1 Å². The Labute approximate surface area is 164 Å². The molecule has 1 N–H and O–H groups in total. The maximum Gasteiger partial charge on any atom is 0.410 e. The lowest BCUT2D eigenvalue weighted by Gasteiger charge is -2.22. The summed E-state index contributed by atoms with van der Waals surface area (Å²) in [5.41, 5.74) is 3.21. The van der Waals surface area contributed by atoms with Crippen LogP contribution in [0.1, 0.15) is 30.8 Å². The van der Waals surface area contributed by atoms with Gasteiger partial charge in [0.25, 0.3) is 0 Å². The van der Waals surface area contributed by atoms with Gasteiger partial charge in [-0.1, -0.05) is 26.0 Å². The van der Waals surface area contributed by atoms with Crippen molar-refractivity contribution in [2.75, 3.05) is 19.6 Å². The van der Waals surface area contributed by atoms with Crippen molar-refractivity contribution in [3.8, 4) is 0 Å². The van der Waals surface area contributed by atoms with Gasteiger partial charge in [-0.05, 0) is 42.5 Å². The van der Waals surface area contributed by atoms with Gasteiger partial charge in [0.15, 0.2) is 0 Å². The van der Waals surface area contributed by atoms with Crippen LogP contribution in [0.2, 0.25) is 0 Å².